The number of thiazole rings is 1. The van der Waals surface area contributed by atoms with Crippen LogP contribution in [-0.2, 0) is 30.8 Å². The Labute approximate surface area is 190 Å². The van der Waals surface area contributed by atoms with Gasteiger partial charge < -0.3 is 16.5 Å². The van der Waals surface area contributed by atoms with Crippen LogP contribution < -0.4 is 22.0 Å². The Hall–Kier alpha value is -2.68. The monoisotopic (exact) mass is 459 g/mol. The molecule has 0 radical (unpaired) electrons. The normalized spacial score (nSPS) is 10.9. The van der Waals surface area contributed by atoms with E-state index >= 15 is 0 Å². The van der Waals surface area contributed by atoms with E-state index in [1.54, 1.807) is 29.7 Å². The molecule has 0 saturated heterocycles. The highest BCUT2D eigenvalue weighted by Gasteiger charge is 2.13. The summed E-state index contributed by atoms with van der Waals surface area (Å²) >= 11 is 7.65. The van der Waals surface area contributed by atoms with Gasteiger partial charge in [0.05, 0.1) is 23.7 Å². The molecule has 31 heavy (non-hydrogen) atoms. The molecule has 0 bridgehead atoms. The summed E-state index contributed by atoms with van der Waals surface area (Å²) in [5.41, 5.74) is 12.6. The van der Waals surface area contributed by atoms with Gasteiger partial charge in [-0.1, -0.05) is 17.7 Å². The number of nitrogens with zero attached hydrogens (tertiary/aromatic N) is 2. The van der Waals surface area contributed by atoms with Crippen LogP contribution in [0.15, 0.2) is 35.3 Å². The number of nitrogens with one attached hydrogen (secondary N) is 2. The van der Waals surface area contributed by atoms with Gasteiger partial charge in [0, 0.05) is 34.7 Å². The lowest BCUT2D eigenvalue weighted by atomic mass is 10.1. The second kappa shape index (κ2) is 10.1. The second-order valence-electron chi connectivity index (χ2n) is 7.30. The fraction of sp³-hybridized carbons (Fsp3) is 0.318. The predicted octanol–water partition coefficient (Wildman–Crippen LogP) is 2.94. The molecule has 2 aromatic heterocycles. The molecule has 2 heterocycles. The number of hydrogen-bond donors (Lipinski definition) is 3. The van der Waals surface area contributed by atoms with Crippen molar-refractivity contribution < 1.29 is 4.79 Å². The molecule has 0 aliphatic heterocycles. The van der Waals surface area contributed by atoms with Crippen LogP contribution in [0.25, 0.3) is 0 Å². The quantitative estimate of drug-likeness (QED) is 0.480. The van der Waals surface area contributed by atoms with Crippen molar-refractivity contribution >= 4 is 28.8 Å². The molecule has 1 aromatic carbocycles. The van der Waals surface area contributed by atoms with Gasteiger partial charge in [0.1, 0.15) is 0 Å². The number of rotatable bonds is 8. The highest BCUT2D eigenvalue weighted by atomic mass is 35.5. The fourth-order valence-corrected chi connectivity index (χ4v) is 4.34. The third-order valence-electron chi connectivity index (χ3n) is 5.04. The molecular weight excluding hydrogens is 434 g/mol. The van der Waals surface area contributed by atoms with Crippen LogP contribution in [0.1, 0.15) is 37.8 Å². The maximum absolute atomic E-state index is 12.9. The number of nitrogens with two attached hydrogens (primary N) is 1. The zero-order valence-corrected chi connectivity index (χ0v) is 19.4. The summed E-state index contributed by atoms with van der Waals surface area (Å²) < 4.78 is 1.42. The summed E-state index contributed by atoms with van der Waals surface area (Å²) in [5.74, 6) is -0.241. The first kappa shape index (κ1) is 23.0. The molecule has 0 spiro atoms. The van der Waals surface area contributed by atoms with Crippen molar-refractivity contribution in [3.05, 3.63) is 83.7 Å². The first-order valence-corrected chi connectivity index (χ1v) is 11.1. The van der Waals surface area contributed by atoms with Crippen LogP contribution in [0.5, 0.6) is 0 Å². The molecule has 164 valence electrons. The first-order chi connectivity index (χ1) is 14.8. The Kier molecular flexibility index (Phi) is 7.48. The number of aromatic nitrogens is 2. The maximum Gasteiger partial charge on any atom is 0.272 e. The van der Waals surface area contributed by atoms with E-state index in [1.165, 1.54) is 4.68 Å². The van der Waals surface area contributed by atoms with Gasteiger partial charge in [-0.25, -0.2) is 9.66 Å². The molecule has 3 rings (SSSR count). The minimum absolute atomic E-state index is 0.00952. The lowest BCUT2D eigenvalue weighted by Gasteiger charge is -2.13. The van der Waals surface area contributed by atoms with Crippen molar-refractivity contribution in [1.82, 2.24) is 15.0 Å². The molecule has 0 unspecified atom stereocenters. The maximum atomic E-state index is 12.9. The number of pyridine rings is 1. The first-order valence-electron chi connectivity index (χ1n) is 9.90. The molecule has 0 fully saturated rings. The Morgan fingerprint density at radius 2 is 1.97 bits per heavy atom. The van der Waals surface area contributed by atoms with Gasteiger partial charge in [0.15, 0.2) is 0 Å². The fourth-order valence-electron chi connectivity index (χ4n) is 3.28. The summed E-state index contributed by atoms with van der Waals surface area (Å²) in [4.78, 5) is 31.0. The number of benzene rings is 1. The Bertz CT molecular complexity index is 1160. The third-order valence-corrected chi connectivity index (χ3v) is 6.35. The summed E-state index contributed by atoms with van der Waals surface area (Å²) in [6.07, 6.45) is 1.67. The average molecular weight is 460 g/mol. The van der Waals surface area contributed by atoms with Gasteiger partial charge in [0.2, 0.25) is 5.91 Å². The molecular formula is C22H26ClN5O2S. The van der Waals surface area contributed by atoms with Crippen molar-refractivity contribution in [3.8, 4) is 0 Å². The van der Waals surface area contributed by atoms with Crippen LogP contribution in [-0.4, -0.2) is 15.6 Å². The summed E-state index contributed by atoms with van der Waals surface area (Å²) in [6.45, 7) is 6.88. The van der Waals surface area contributed by atoms with Crippen LogP contribution in [0.2, 0.25) is 5.02 Å². The molecule has 0 aliphatic rings. The van der Waals surface area contributed by atoms with E-state index in [4.69, 9.17) is 17.3 Å². The molecule has 7 nitrogen and oxygen atoms in total. The molecule has 0 atom stereocenters. The number of amides is 1. The summed E-state index contributed by atoms with van der Waals surface area (Å²) in [6, 6.07) is 7.23. The van der Waals surface area contributed by atoms with Crippen LogP contribution in [0.4, 0.5) is 0 Å². The molecule has 0 saturated carbocycles. The van der Waals surface area contributed by atoms with E-state index in [-0.39, 0.29) is 17.9 Å². The van der Waals surface area contributed by atoms with Gasteiger partial charge in [-0.3, -0.25) is 9.59 Å². The van der Waals surface area contributed by atoms with Gasteiger partial charge in [-0.15, -0.1) is 11.3 Å². The molecule has 1 amide bonds. The average Bonchev–Trinajstić information content (AvgIpc) is 3.06. The third kappa shape index (κ3) is 5.72. The van der Waals surface area contributed by atoms with Crippen LogP contribution in [0.3, 0.4) is 0 Å². The Morgan fingerprint density at radius 1 is 1.19 bits per heavy atom. The Morgan fingerprint density at radius 3 is 2.65 bits per heavy atom. The predicted molar refractivity (Wildman–Crippen MR) is 125 cm³/mol. The van der Waals surface area contributed by atoms with Gasteiger partial charge >= 0.3 is 0 Å². The lowest BCUT2D eigenvalue weighted by molar-refractivity contribution is -0.120. The number of carbonyl (C=O) groups excluding carboxylic acids is 1. The minimum Gasteiger partial charge on any atom is -0.352 e. The van der Waals surface area contributed by atoms with E-state index in [0.29, 0.717) is 30.2 Å². The smallest absolute Gasteiger partial charge is 0.272 e. The van der Waals surface area contributed by atoms with E-state index in [2.05, 4.69) is 15.7 Å². The minimum atomic E-state index is -0.241. The van der Waals surface area contributed by atoms with Crippen molar-refractivity contribution in [3.63, 3.8) is 0 Å². The van der Waals surface area contributed by atoms with Crippen molar-refractivity contribution in [2.24, 2.45) is 5.73 Å². The molecule has 9 heteroatoms. The van der Waals surface area contributed by atoms with E-state index < -0.39 is 0 Å². The van der Waals surface area contributed by atoms with Gasteiger partial charge in [-0.05, 0) is 55.7 Å². The van der Waals surface area contributed by atoms with E-state index in [9.17, 15) is 9.59 Å². The van der Waals surface area contributed by atoms with Crippen LogP contribution >= 0.6 is 22.9 Å². The number of hydrogen-bond acceptors (Lipinski definition) is 6. The number of carbonyl (C=O) groups is 1. The highest BCUT2D eigenvalue weighted by Crippen LogP contribution is 2.17. The molecule has 3 aromatic rings. The lowest BCUT2D eigenvalue weighted by Crippen LogP contribution is -2.34. The largest absolute Gasteiger partial charge is 0.352 e. The topological polar surface area (TPSA) is 102 Å². The zero-order valence-electron chi connectivity index (χ0n) is 17.8. The summed E-state index contributed by atoms with van der Waals surface area (Å²) in [5, 5.41) is 4.43. The zero-order chi connectivity index (χ0) is 22.5. The van der Waals surface area contributed by atoms with E-state index in [1.807, 2.05) is 32.9 Å². The molecule has 0 aliphatic carbocycles. The number of halogens is 1. The van der Waals surface area contributed by atoms with Crippen molar-refractivity contribution in [1.29, 1.82) is 0 Å². The SMILES string of the molecule is Cc1nc(C)c(CNn2ccc(C)c(CC(=O)NCc3cc(Cl)ccc3CN)c2=O)s1. The van der Waals surface area contributed by atoms with Crippen molar-refractivity contribution in [2.45, 2.75) is 46.8 Å². The van der Waals surface area contributed by atoms with Crippen molar-refractivity contribution in [2.75, 3.05) is 5.43 Å². The van der Waals surface area contributed by atoms with E-state index in [0.717, 1.165) is 32.3 Å². The second-order valence-corrected chi connectivity index (χ2v) is 9.02. The van der Waals surface area contributed by atoms with Gasteiger partial charge in [0.25, 0.3) is 5.56 Å². The van der Waals surface area contributed by atoms with Gasteiger partial charge in [-0.2, -0.15) is 0 Å². The number of aryl methyl sites for hydroxylation is 3. The summed E-state index contributed by atoms with van der Waals surface area (Å²) in [7, 11) is 0. The van der Waals surface area contributed by atoms with Crippen LogP contribution in [0, 0.1) is 20.8 Å². The standard InChI is InChI=1S/C22H26ClN5O2S/c1-13-6-7-28(26-12-20-14(2)27-15(3)31-20)22(30)19(13)9-21(29)25-11-17-8-18(23)5-4-16(17)10-24/h4-8,26H,9-12,24H2,1-3H3,(H,25,29). The Balaban J connectivity index is 1.69. The molecule has 4 N–H and O–H groups in total. The highest BCUT2D eigenvalue weighted by molar-refractivity contribution is 7.11.